The van der Waals surface area contributed by atoms with Crippen LogP contribution >= 0.6 is 11.3 Å². The average molecular weight is 225 g/mol. The maximum atomic E-state index is 10.2. The summed E-state index contributed by atoms with van der Waals surface area (Å²) < 4.78 is 0. The Morgan fingerprint density at radius 3 is 2.80 bits per heavy atom. The number of hydrogen-bond donors (Lipinski definition) is 2. The predicted molar refractivity (Wildman–Crippen MR) is 66.1 cm³/mol. The van der Waals surface area contributed by atoms with Gasteiger partial charge in [-0.1, -0.05) is 26.0 Å². The minimum Gasteiger partial charge on any atom is -0.386 e. The van der Waals surface area contributed by atoms with Crippen molar-refractivity contribution in [2.45, 2.75) is 26.0 Å². The van der Waals surface area contributed by atoms with E-state index >= 15 is 0 Å². The van der Waals surface area contributed by atoms with Gasteiger partial charge in [-0.25, -0.2) is 0 Å². The highest BCUT2D eigenvalue weighted by Crippen LogP contribution is 2.25. The van der Waals surface area contributed by atoms with Crippen LogP contribution in [0.1, 0.15) is 24.8 Å². The molecule has 0 aliphatic carbocycles. The van der Waals surface area contributed by atoms with Crippen LogP contribution in [-0.2, 0) is 0 Å². The highest BCUT2D eigenvalue weighted by atomic mass is 32.1. The molecule has 2 atom stereocenters. The molecule has 0 radical (unpaired) electrons. The lowest BCUT2D eigenvalue weighted by molar-refractivity contribution is 0.110. The lowest BCUT2D eigenvalue weighted by atomic mass is 9.97. The maximum absolute atomic E-state index is 10.2. The van der Waals surface area contributed by atoms with Gasteiger partial charge in [0, 0.05) is 17.5 Å². The highest BCUT2D eigenvalue weighted by molar-refractivity contribution is 7.10. The molecule has 0 spiro atoms. The van der Waals surface area contributed by atoms with Gasteiger partial charge in [0.25, 0.3) is 0 Å². The minimum atomic E-state index is -0.426. The molecule has 1 heterocycles. The van der Waals surface area contributed by atoms with Gasteiger partial charge in [-0.3, -0.25) is 0 Å². The van der Waals surface area contributed by atoms with Gasteiger partial charge in [0.2, 0.25) is 0 Å². The fourth-order valence-electron chi connectivity index (χ4n) is 1.57. The van der Waals surface area contributed by atoms with E-state index in [1.54, 1.807) is 11.3 Å². The lowest BCUT2D eigenvalue weighted by Crippen LogP contribution is -2.39. The fraction of sp³-hybridized carbons (Fsp3) is 0.500. The van der Waals surface area contributed by atoms with Gasteiger partial charge in [0.1, 0.15) is 6.10 Å². The number of nitrogens with one attached hydrogen (secondary N) is 1. The van der Waals surface area contributed by atoms with E-state index in [9.17, 15) is 5.11 Å². The first-order chi connectivity index (χ1) is 7.16. The standard InChI is InChI=1S/C12H19NOS/c1-4-7-13-11(9(2)3)12(14)10-6-5-8-15-10/h4-6,8-9,11-14H,1,7H2,2-3H3. The van der Waals surface area contributed by atoms with E-state index in [2.05, 4.69) is 25.7 Å². The zero-order valence-corrected chi connectivity index (χ0v) is 10.1. The van der Waals surface area contributed by atoms with E-state index in [1.165, 1.54) is 0 Å². The Morgan fingerprint density at radius 1 is 1.60 bits per heavy atom. The molecular formula is C12H19NOS. The van der Waals surface area contributed by atoms with E-state index in [0.717, 1.165) is 11.4 Å². The monoisotopic (exact) mass is 225 g/mol. The minimum absolute atomic E-state index is 0.0849. The van der Waals surface area contributed by atoms with Gasteiger partial charge in [0.05, 0.1) is 0 Å². The summed E-state index contributed by atoms with van der Waals surface area (Å²) in [4.78, 5) is 1.02. The SMILES string of the molecule is C=CCNC(C(C)C)C(O)c1cccs1. The van der Waals surface area contributed by atoms with Crippen LogP contribution in [0.5, 0.6) is 0 Å². The third-order valence-corrected chi connectivity index (χ3v) is 3.33. The van der Waals surface area contributed by atoms with Crippen LogP contribution in [0.15, 0.2) is 30.2 Å². The molecule has 1 aromatic rings. The Balaban J connectivity index is 2.66. The summed E-state index contributed by atoms with van der Waals surface area (Å²) in [5.41, 5.74) is 0. The van der Waals surface area contributed by atoms with Crippen molar-refractivity contribution in [3.8, 4) is 0 Å². The van der Waals surface area contributed by atoms with E-state index < -0.39 is 6.10 Å². The molecule has 2 unspecified atom stereocenters. The lowest BCUT2D eigenvalue weighted by Gasteiger charge is -2.26. The second-order valence-corrected chi connectivity index (χ2v) is 4.91. The topological polar surface area (TPSA) is 32.3 Å². The molecule has 1 rings (SSSR count). The second kappa shape index (κ2) is 6.05. The van der Waals surface area contributed by atoms with Crippen molar-refractivity contribution in [1.29, 1.82) is 0 Å². The van der Waals surface area contributed by atoms with Crippen LogP contribution in [0, 0.1) is 5.92 Å². The van der Waals surface area contributed by atoms with Crippen molar-refractivity contribution in [3.05, 3.63) is 35.0 Å². The van der Waals surface area contributed by atoms with E-state index in [-0.39, 0.29) is 6.04 Å². The van der Waals surface area contributed by atoms with Crippen LogP contribution in [-0.4, -0.2) is 17.7 Å². The van der Waals surface area contributed by atoms with Crippen molar-refractivity contribution >= 4 is 11.3 Å². The number of rotatable bonds is 6. The first-order valence-electron chi connectivity index (χ1n) is 5.22. The average Bonchev–Trinajstić information content (AvgIpc) is 2.70. The highest BCUT2D eigenvalue weighted by Gasteiger charge is 2.23. The summed E-state index contributed by atoms with van der Waals surface area (Å²) in [6.45, 7) is 8.62. The van der Waals surface area contributed by atoms with Crippen molar-refractivity contribution in [2.75, 3.05) is 6.54 Å². The smallest absolute Gasteiger partial charge is 0.104 e. The molecule has 84 valence electrons. The molecule has 0 fully saturated rings. The van der Waals surface area contributed by atoms with Gasteiger partial charge < -0.3 is 10.4 Å². The Bertz CT molecular complexity index is 282. The Labute approximate surface area is 95.6 Å². The van der Waals surface area contributed by atoms with Crippen molar-refractivity contribution < 1.29 is 5.11 Å². The largest absolute Gasteiger partial charge is 0.386 e. The molecule has 0 saturated carbocycles. The van der Waals surface area contributed by atoms with Gasteiger partial charge in [0.15, 0.2) is 0 Å². The normalized spacial score (nSPS) is 15.2. The second-order valence-electron chi connectivity index (χ2n) is 3.93. The van der Waals surface area contributed by atoms with E-state index in [1.807, 2.05) is 23.6 Å². The van der Waals surface area contributed by atoms with Crippen LogP contribution in [0.4, 0.5) is 0 Å². The molecule has 2 nitrogen and oxygen atoms in total. The molecule has 0 saturated heterocycles. The van der Waals surface area contributed by atoms with Gasteiger partial charge in [-0.05, 0) is 17.4 Å². The van der Waals surface area contributed by atoms with Crippen molar-refractivity contribution in [2.24, 2.45) is 5.92 Å². The first kappa shape index (κ1) is 12.4. The molecule has 0 aliphatic heterocycles. The van der Waals surface area contributed by atoms with Crippen LogP contribution in [0.3, 0.4) is 0 Å². The van der Waals surface area contributed by atoms with Crippen LogP contribution in [0.25, 0.3) is 0 Å². The Kier molecular flexibility index (Phi) is 5.02. The summed E-state index contributed by atoms with van der Waals surface area (Å²) in [5, 5.41) is 15.5. The first-order valence-corrected chi connectivity index (χ1v) is 6.10. The van der Waals surface area contributed by atoms with E-state index in [4.69, 9.17) is 0 Å². The van der Waals surface area contributed by atoms with Gasteiger partial charge in [-0.2, -0.15) is 0 Å². The molecule has 15 heavy (non-hydrogen) atoms. The van der Waals surface area contributed by atoms with E-state index in [0.29, 0.717) is 5.92 Å². The van der Waals surface area contributed by atoms with Crippen molar-refractivity contribution in [1.82, 2.24) is 5.32 Å². The number of hydrogen-bond acceptors (Lipinski definition) is 3. The quantitative estimate of drug-likeness (QED) is 0.729. The summed E-state index contributed by atoms with van der Waals surface area (Å²) in [7, 11) is 0. The fourth-order valence-corrected chi connectivity index (χ4v) is 2.33. The van der Waals surface area contributed by atoms with Gasteiger partial charge >= 0.3 is 0 Å². The molecule has 0 aliphatic rings. The van der Waals surface area contributed by atoms with Gasteiger partial charge in [-0.15, -0.1) is 17.9 Å². The summed E-state index contributed by atoms with van der Waals surface area (Å²) >= 11 is 1.59. The maximum Gasteiger partial charge on any atom is 0.104 e. The third kappa shape index (κ3) is 3.45. The molecule has 3 heteroatoms. The zero-order chi connectivity index (χ0) is 11.3. The van der Waals surface area contributed by atoms with Crippen LogP contribution < -0.4 is 5.32 Å². The number of thiophene rings is 1. The Morgan fingerprint density at radius 2 is 2.33 bits per heavy atom. The number of aliphatic hydroxyl groups excluding tert-OH is 1. The molecule has 0 amide bonds. The Hall–Kier alpha value is -0.640. The molecular weight excluding hydrogens is 206 g/mol. The molecule has 2 N–H and O–H groups in total. The molecule has 1 aromatic heterocycles. The summed E-state index contributed by atoms with van der Waals surface area (Å²) in [6.07, 6.45) is 1.39. The number of aliphatic hydroxyl groups is 1. The zero-order valence-electron chi connectivity index (χ0n) is 9.31. The third-order valence-electron chi connectivity index (χ3n) is 2.39. The molecule has 0 bridgehead atoms. The molecule has 0 aromatic carbocycles. The van der Waals surface area contributed by atoms with Crippen molar-refractivity contribution in [3.63, 3.8) is 0 Å². The predicted octanol–water partition coefficient (Wildman–Crippen LogP) is 2.58. The summed E-state index contributed by atoms with van der Waals surface area (Å²) in [5.74, 6) is 0.391. The summed E-state index contributed by atoms with van der Waals surface area (Å²) in [6, 6.07) is 4.02. The van der Waals surface area contributed by atoms with Crippen LogP contribution in [0.2, 0.25) is 0 Å².